The Labute approximate surface area is 147 Å². The van der Waals surface area contributed by atoms with Gasteiger partial charge in [0.1, 0.15) is 0 Å². The summed E-state index contributed by atoms with van der Waals surface area (Å²) in [7, 11) is -5.50. The van der Waals surface area contributed by atoms with E-state index in [1.165, 1.54) is 19.3 Å². The minimum absolute atomic E-state index is 0.0381. The second-order valence-electron chi connectivity index (χ2n) is 8.41. The van der Waals surface area contributed by atoms with E-state index in [9.17, 15) is 14.4 Å². The minimum Gasteiger partial charge on any atom is -0.790 e. The predicted molar refractivity (Wildman–Crippen MR) is 108 cm³/mol. The van der Waals surface area contributed by atoms with Crippen LogP contribution in [0, 0.1) is 0 Å². The van der Waals surface area contributed by atoms with Gasteiger partial charge in [-0.25, -0.2) is 0 Å². The van der Waals surface area contributed by atoms with Crippen molar-refractivity contribution in [1.82, 2.24) is 0 Å². The van der Waals surface area contributed by atoms with Crippen LogP contribution < -0.4 is 9.79 Å². The van der Waals surface area contributed by atoms with Crippen molar-refractivity contribution in [2.75, 3.05) is 59.9 Å². The van der Waals surface area contributed by atoms with E-state index in [1.807, 2.05) is 0 Å². The monoisotopic (exact) mass is 390 g/mol. The Bertz CT molecular complexity index is 267. The maximum absolute atomic E-state index is 10.0. The van der Waals surface area contributed by atoms with Gasteiger partial charge in [0.2, 0.25) is 0 Å². The molecule has 0 heterocycles. The third-order valence-electron chi connectivity index (χ3n) is 1.75. The van der Waals surface area contributed by atoms with E-state index < -0.39 is 7.82 Å². The Morgan fingerprint density at radius 1 is 0.739 bits per heavy atom. The Morgan fingerprint density at radius 2 is 1.04 bits per heavy atom. The first-order chi connectivity index (χ1) is 10.1. The molecule has 0 aromatic rings. The molecule has 0 aliphatic rings. The molecule has 0 saturated carbocycles. The highest BCUT2D eigenvalue weighted by atomic mass is 31.2. The van der Waals surface area contributed by atoms with E-state index in [0.717, 1.165) is 12.8 Å². The highest BCUT2D eigenvalue weighted by Crippen LogP contribution is 2.40. The van der Waals surface area contributed by atoms with Crippen LogP contribution >= 0.6 is 22.3 Å². The molecule has 0 unspecified atom stereocenters. The van der Waals surface area contributed by atoms with E-state index in [0.29, 0.717) is 6.42 Å². The molecule has 0 N–H and O–H groups in total. The van der Waals surface area contributed by atoms with Crippen molar-refractivity contribution in [1.29, 1.82) is 0 Å². The molecule has 0 fully saturated rings. The lowest BCUT2D eigenvalue weighted by atomic mass is 10.1. The Hall–Kier alpha value is 0.970. The third kappa shape index (κ3) is 83.9. The average Bonchev–Trinajstić information content (AvgIpc) is 2.21. The standard InChI is InChI=1S/C8H19O4P.2C4H12P/c1-2-3-4-5-6-7-8-12-13(9,10)11;2*1-5(2,3)4/h2-8H2,1H3,(H2,9,10,11);2*1-4H3/q;2*+1/p-2. The third-order valence-corrected chi connectivity index (χ3v) is 2.25. The summed E-state index contributed by atoms with van der Waals surface area (Å²) < 4.78 is 14.1. The first-order valence-electron chi connectivity index (χ1n) is 8.30. The van der Waals surface area contributed by atoms with Crippen molar-refractivity contribution < 1.29 is 18.9 Å². The maximum atomic E-state index is 10.0. The molecule has 0 radical (unpaired) electrons. The minimum atomic E-state index is -4.73. The number of unbranched alkanes of at least 4 members (excludes halogenated alkanes) is 5. The fraction of sp³-hybridized carbons (Fsp3) is 1.00. The lowest BCUT2D eigenvalue weighted by Crippen LogP contribution is -2.16. The molecule has 0 saturated heterocycles. The number of hydrogen-bond acceptors (Lipinski definition) is 4. The van der Waals surface area contributed by atoms with Crippen molar-refractivity contribution in [3.05, 3.63) is 0 Å². The van der Waals surface area contributed by atoms with Crippen LogP contribution in [0.3, 0.4) is 0 Å². The van der Waals surface area contributed by atoms with E-state index in [2.05, 4.69) is 64.8 Å². The maximum Gasteiger partial charge on any atom is 0.0596 e. The summed E-state index contributed by atoms with van der Waals surface area (Å²) in [6.07, 6.45) is 6.23. The van der Waals surface area contributed by atoms with Gasteiger partial charge >= 0.3 is 0 Å². The molecule has 0 rings (SSSR count). The largest absolute Gasteiger partial charge is 0.790 e. The van der Waals surface area contributed by atoms with Gasteiger partial charge in [-0.3, -0.25) is 0 Å². The van der Waals surface area contributed by atoms with E-state index in [1.54, 1.807) is 0 Å². The SMILES string of the molecule is CCCCCCCCOP(=O)([O-])[O-].C[P+](C)(C)C.C[P+](C)(C)C. The lowest BCUT2D eigenvalue weighted by molar-refractivity contribution is -0.341. The fourth-order valence-electron chi connectivity index (χ4n) is 1.06. The van der Waals surface area contributed by atoms with Gasteiger partial charge in [0.05, 0.1) is 14.4 Å². The van der Waals surface area contributed by atoms with Gasteiger partial charge in [0, 0.05) is 67.8 Å². The lowest BCUT2D eigenvalue weighted by Gasteiger charge is -2.28. The molecule has 0 aromatic carbocycles. The van der Waals surface area contributed by atoms with Gasteiger partial charge in [-0.1, -0.05) is 39.0 Å². The summed E-state index contributed by atoms with van der Waals surface area (Å²) >= 11 is 0. The second-order valence-corrected chi connectivity index (χ2v) is 20.3. The summed E-state index contributed by atoms with van der Waals surface area (Å²) in [5, 5.41) is 0. The van der Waals surface area contributed by atoms with E-state index >= 15 is 0 Å². The van der Waals surface area contributed by atoms with Gasteiger partial charge < -0.3 is 18.9 Å². The topological polar surface area (TPSA) is 72.4 Å². The Balaban J connectivity index is -0.000000329. The fourth-order valence-corrected chi connectivity index (χ4v) is 1.41. The van der Waals surface area contributed by atoms with Crippen molar-refractivity contribution in [3.8, 4) is 0 Å². The molecule has 7 heteroatoms. The number of phosphoric acid groups is 1. The smallest absolute Gasteiger partial charge is 0.0596 e. The zero-order valence-corrected chi connectivity index (χ0v) is 19.6. The molecule has 4 nitrogen and oxygen atoms in total. The molecule has 0 aliphatic heterocycles. The highest BCUT2D eigenvalue weighted by molar-refractivity contribution is 7.73. The van der Waals surface area contributed by atoms with E-state index in [4.69, 9.17) is 0 Å². The molecular weight excluding hydrogens is 349 g/mol. The number of hydrogen-bond donors (Lipinski definition) is 0. The number of phosphoric ester groups is 1. The Morgan fingerprint density at radius 3 is 1.35 bits per heavy atom. The van der Waals surface area contributed by atoms with Crippen LogP contribution in [0.4, 0.5) is 0 Å². The van der Waals surface area contributed by atoms with Gasteiger partial charge in [0.15, 0.2) is 0 Å². The van der Waals surface area contributed by atoms with E-state index in [-0.39, 0.29) is 21.1 Å². The molecule has 0 bridgehead atoms. The summed E-state index contributed by atoms with van der Waals surface area (Å²) in [5.74, 6) is 0. The zero-order valence-electron chi connectivity index (χ0n) is 16.9. The summed E-state index contributed by atoms with van der Waals surface area (Å²) in [6.45, 7) is 20.6. The molecule has 0 aliphatic carbocycles. The van der Waals surface area contributed by atoms with Crippen molar-refractivity contribution in [2.24, 2.45) is 0 Å². The quantitative estimate of drug-likeness (QED) is 0.459. The van der Waals surface area contributed by atoms with Crippen molar-refractivity contribution in [2.45, 2.75) is 45.4 Å². The van der Waals surface area contributed by atoms with Crippen LogP contribution in [0.5, 0.6) is 0 Å². The Kier molecular flexibility index (Phi) is 19.1. The first-order valence-corrected chi connectivity index (χ1v) is 16.9. The normalized spacial score (nSPS) is 12.0. The molecular formula is C16H41O4P3. The molecule has 0 spiro atoms. The summed E-state index contributed by atoms with van der Waals surface area (Å²) in [6, 6.07) is 0. The number of rotatable bonds is 8. The van der Waals surface area contributed by atoms with Gasteiger partial charge in [-0.15, -0.1) is 0 Å². The van der Waals surface area contributed by atoms with Crippen LogP contribution in [-0.2, 0) is 9.09 Å². The predicted octanol–water partition coefficient (Wildman–Crippen LogP) is 4.24. The van der Waals surface area contributed by atoms with Gasteiger partial charge in [-0.2, -0.15) is 0 Å². The van der Waals surface area contributed by atoms with Gasteiger partial charge in [0.25, 0.3) is 0 Å². The van der Waals surface area contributed by atoms with Crippen LogP contribution in [0.1, 0.15) is 45.4 Å². The van der Waals surface area contributed by atoms with Crippen molar-refractivity contribution >= 4 is 22.3 Å². The van der Waals surface area contributed by atoms with Gasteiger partial charge in [-0.05, 0) is 6.42 Å². The molecule has 0 aromatic heterocycles. The first kappa shape index (κ1) is 28.8. The highest BCUT2D eigenvalue weighted by Gasteiger charge is 2.03. The molecule has 23 heavy (non-hydrogen) atoms. The second kappa shape index (κ2) is 15.2. The van der Waals surface area contributed by atoms with Crippen LogP contribution in [-0.4, -0.2) is 59.9 Å². The zero-order chi connectivity index (χ0) is 19.2. The van der Waals surface area contributed by atoms with Crippen molar-refractivity contribution in [3.63, 3.8) is 0 Å². The summed E-state index contributed by atoms with van der Waals surface area (Å²) in [4.78, 5) is 20.0. The molecule has 144 valence electrons. The molecule has 0 atom stereocenters. The van der Waals surface area contributed by atoms with Crippen LogP contribution in [0.2, 0.25) is 0 Å². The average molecular weight is 390 g/mol. The summed E-state index contributed by atoms with van der Waals surface area (Å²) in [5.41, 5.74) is 0. The van der Waals surface area contributed by atoms with Crippen LogP contribution in [0.25, 0.3) is 0 Å². The van der Waals surface area contributed by atoms with Crippen LogP contribution in [0.15, 0.2) is 0 Å². The molecule has 0 amide bonds.